The van der Waals surface area contributed by atoms with Crippen molar-refractivity contribution in [2.45, 2.75) is 0 Å². The first-order chi connectivity index (χ1) is 10.4. The van der Waals surface area contributed by atoms with E-state index < -0.39 is 17.5 Å². The number of hydrogen-bond donors (Lipinski definition) is 0. The van der Waals surface area contributed by atoms with Crippen LogP contribution in [0.1, 0.15) is 10.4 Å². The largest absolute Gasteiger partial charge is 0.317 e. The lowest BCUT2D eigenvalue weighted by Gasteiger charge is -1.97. The van der Waals surface area contributed by atoms with Crippen molar-refractivity contribution in [3.63, 3.8) is 0 Å². The summed E-state index contributed by atoms with van der Waals surface area (Å²) in [6, 6.07) is 3.41. The number of carbonyl (C=O) groups excluding carboxylic acids is 1. The lowest BCUT2D eigenvalue weighted by atomic mass is 10.3. The van der Waals surface area contributed by atoms with Crippen LogP contribution in [0.25, 0.3) is 10.2 Å². The molecular weight excluding hydrogens is 373 g/mol. The molecule has 0 spiro atoms. The highest BCUT2D eigenvalue weighted by Gasteiger charge is 2.15. The third kappa shape index (κ3) is 2.69. The lowest BCUT2D eigenvalue weighted by molar-refractivity contribution is 0.0998. The molecule has 0 N–H and O–H groups in total. The Morgan fingerprint density at radius 3 is 2.59 bits per heavy atom. The maximum atomic E-state index is 13.8. The van der Waals surface area contributed by atoms with E-state index in [0.717, 1.165) is 28.7 Å². The molecule has 0 radical (unpaired) electrons. The number of fused-ring (bicyclic) bond motifs is 1. The van der Waals surface area contributed by atoms with Gasteiger partial charge in [0.2, 0.25) is 0 Å². The van der Waals surface area contributed by atoms with Gasteiger partial charge in [-0.05, 0) is 12.1 Å². The maximum Gasteiger partial charge on any atom is 0.282 e. The first kappa shape index (κ1) is 15.6. The van der Waals surface area contributed by atoms with Crippen LogP contribution in [0.2, 0.25) is 8.67 Å². The SMILES string of the molecule is Cn1c(=NC(=O)c2cc(Cl)sc2Cl)sc2cc(F)cc(F)c21. The number of halogens is 4. The number of amides is 1. The highest BCUT2D eigenvalue weighted by Crippen LogP contribution is 2.31. The number of thiophene rings is 1. The first-order valence-corrected chi connectivity index (χ1v) is 8.24. The van der Waals surface area contributed by atoms with E-state index in [0.29, 0.717) is 9.04 Å². The average molecular weight is 379 g/mol. The molecule has 0 aliphatic rings. The van der Waals surface area contributed by atoms with Gasteiger partial charge in [-0.2, -0.15) is 4.99 Å². The number of aromatic nitrogens is 1. The average Bonchev–Trinajstić information content (AvgIpc) is 2.90. The molecule has 3 aromatic rings. The number of hydrogen-bond acceptors (Lipinski definition) is 3. The van der Waals surface area contributed by atoms with Crippen molar-refractivity contribution in [2.24, 2.45) is 12.0 Å². The third-order valence-corrected chi connectivity index (χ3v) is 5.47. The van der Waals surface area contributed by atoms with Gasteiger partial charge in [-0.3, -0.25) is 4.79 Å². The summed E-state index contributed by atoms with van der Waals surface area (Å²) in [5.74, 6) is -1.98. The Bertz CT molecular complexity index is 974. The van der Waals surface area contributed by atoms with Crippen LogP contribution in [-0.2, 0) is 7.05 Å². The van der Waals surface area contributed by atoms with Gasteiger partial charge >= 0.3 is 0 Å². The van der Waals surface area contributed by atoms with Crippen molar-refractivity contribution in [1.82, 2.24) is 4.57 Å². The van der Waals surface area contributed by atoms with Gasteiger partial charge in [0.15, 0.2) is 10.6 Å². The van der Waals surface area contributed by atoms with Crippen molar-refractivity contribution >= 4 is 62.0 Å². The third-order valence-electron chi connectivity index (χ3n) is 2.90. The first-order valence-electron chi connectivity index (χ1n) is 5.85. The Morgan fingerprint density at radius 1 is 1.23 bits per heavy atom. The standard InChI is InChI=1S/C13H6Cl2F2N2OS2/c1-19-10-7(17)2-5(16)3-8(10)21-13(19)18-12(20)6-4-9(14)22-11(6)15/h2-4H,1H3. The maximum absolute atomic E-state index is 13.8. The molecule has 2 heterocycles. The number of benzene rings is 1. The predicted molar refractivity (Wildman–Crippen MR) is 84.9 cm³/mol. The quantitative estimate of drug-likeness (QED) is 0.607. The fraction of sp³-hybridized carbons (Fsp3) is 0.0769. The Labute approximate surface area is 141 Å². The highest BCUT2D eigenvalue weighted by molar-refractivity contribution is 7.20. The molecule has 1 amide bonds. The van der Waals surface area contributed by atoms with Crippen LogP contribution >= 0.6 is 45.9 Å². The van der Waals surface area contributed by atoms with E-state index in [-0.39, 0.29) is 20.2 Å². The number of carbonyl (C=O) groups is 1. The molecule has 0 fully saturated rings. The summed E-state index contributed by atoms with van der Waals surface area (Å²) in [6.45, 7) is 0. The molecule has 0 saturated carbocycles. The normalized spacial score (nSPS) is 12.3. The van der Waals surface area contributed by atoms with E-state index >= 15 is 0 Å². The molecular formula is C13H6Cl2F2N2OS2. The zero-order chi connectivity index (χ0) is 16.0. The van der Waals surface area contributed by atoms with Gasteiger partial charge in [0.1, 0.15) is 10.2 Å². The number of aryl methyl sites for hydroxylation is 1. The van der Waals surface area contributed by atoms with Crippen molar-refractivity contribution in [3.05, 3.63) is 48.9 Å². The van der Waals surface area contributed by atoms with E-state index in [1.165, 1.54) is 16.7 Å². The van der Waals surface area contributed by atoms with E-state index in [4.69, 9.17) is 23.2 Å². The second kappa shape index (κ2) is 5.73. The number of thiazole rings is 1. The van der Waals surface area contributed by atoms with Gasteiger partial charge in [0, 0.05) is 13.1 Å². The van der Waals surface area contributed by atoms with Crippen molar-refractivity contribution in [2.75, 3.05) is 0 Å². The van der Waals surface area contributed by atoms with Gasteiger partial charge in [-0.1, -0.05) is 34.5 Å². The summed E-state index contributed by atoms with van der Waals surface area (Å²) in [5, 5.41) is 0. The smallest absolute Gasteiger partial charge is 0.282 e. The molecule has 0 atom stereocenters. The number of rotatable bonds is 1. The topological polar surface area (TPSA) is 34.4 Å². The van der Waals surface area contributed by atoms with Crippen LogP contribution in [0.3, 0.4) is 0 Å². The van der Waals surface area contributed by atoms with Gasteiger partial charge in [-0.25, -0.2) is 8.78 Å². The zero-order valence-corrected chi connectivity index (χ0v) is 14.0. The van der Waals surface area contributed by atoms with Gasteiger partial charge in [0.25, 0.3) is 5.91 Å². The molecule has 0 bridgehead atoms. The monoisotopic (exact) mass is 378 g/mol. The Balaban J connectivity index is 2.18. The van der Waals surface area contributed by atoms with E-state index in [9.17, 15) is 13.6 Å². The summed E-state index contributed by atoms with van der Waals surface area (Å²) in [7, 11) is 1.55. The minimum Gasteiger partial charge on any atom is -0.317 e. The van der Waals surface area contributed by atoms with Gasteiger partial charge < -0.3 is 4.57 Å². The lowest BCUT2D eigenvalue weighted by Crippen LogP contribution is -2.13. The van der Waals surface area contributed by atoms with E-state index in [2.05, 4.69) is 4.99 Å². The van der Waals surface area contributed by atoms with Crippen molar-refractivity contribution < 1.29 is 13.6 Å². The molecule has 22 heavy (non-hydrogen) atoms. The fourth-order valence-electron chi connectivity index (χ4n) is 1.94. The molecule has 9 heteroatoms. The summed E-state index contributed by atoms with van der Waals surface area (Å²) >= 11 is 13.8. The van der Waals surface area contributed by atoms with Gasteiger partial charge in [-0.15, -0.1) is 11.3 Å². The number of nitrogens with zero attached hydrogens (tertiary/aromatic N) is 2. The van der Waals surface area contributed by atoms with E-state index in [1.807, 2.05) is 0 Å². The summed E-state index contributed by atoms with van der Waals surface area (Å²) < 4.78 is 29.4. The zero-order valence-electron chi connectivity index (χ0n) is 10.9. The summed E-state index contributed by atoms with van der Waals surface area (Å²) in [6.07, 6.45) is 0. The van der Waals surface area contributed by atoms with Gasteiger partial charge in [0.05, 0.1) is 20.1 Å². The van der Waals surface area contributed by atoms with Crippen LogP contribution in [0, 0.1) is 11.6 Å². The predicted octanol–water partition coefficient (Wildman–Crippen LogP) is 4.63. The highest BCUT2D eigenvalue weighted by atomic mass is 35.5. The molecule has 2 aromatic heterocycles. The van der Waals surface area contributed by atoms with Crippen LogP contribution in [-0.4, -0.2) is 10.5 Å². The Kier molecular flexibility index (Phi) is 4.07. The van der Waals surface area contributed by atoms with Crippen LogP contribution in [0.4, 0.5) is 8.78 Å². The van der Waals surface area contributed by atoms with Crippen LogP contribution < -0.4 is 4.80 Å². The molecule has 114 valence electrons. The minimum absolute atomic E-state index is 0.181. The van der Waals surface area contributed by atoms with Crippen LogP contribution in [0.15, 0.2) is 23.2 Å². The molecule has 3 rings (SSSR count). The van der Waals surface area contributed by atoms with E-state index in [1.54, 1.807) is 7.05 Å². The fourth-order valence-corrected chi connectivity index (χ4v) is 4.44. The Morgan fingerprint density at radius 2 is 1.95 bits per heavy atom. The molecule has 1 aromatic carbocycles. The minimum atomic E-state index is -0.709. The van der Waals surface area contributed by atoms with Crippen LogP contribution in [0.5, 0.6) is 0 Å². The molecule has 0 unspecified atom stereocenters. The molecule has 3 nitrogen and oxygen atoms in total. The van der Waals surface area contributed by atoms with Crippen molar-refractivity contribution in [1.29, 1.82) is 0 Å². The molecule has 0 saturated heterocycles. The Hall–Kier alpha value is -1.28. The second-order valence-electron chi connectivity index (χ2n) is 4.33. The molecule has 0 aliphatic carbocycles. The summed E-state index contributed by atoms with van der Waals surface area (Å²) in [5.41, 5.74) is 0.369. The second-order valence-corrected chi connectivity index (χ2v) is 7.63. The molecule has 0 aliphatic heterocycles. The van der Waals surface area contributed by atoms with Crippen molar-refractivity contribution in [3.8, 4) is 0 Å². The summed E-state index contributed by atoms with van der Waals surface area (Å²) in [4.78, 5) is 16.3.